The number of nitrogens with one attached hydrogen (secondary N) is 1. The predicted octanol–water partition coefficient (Wildman–Crippen LogP) is 2.81. The molecule has 1 rings (SSSR count). The van der Waals surface area contributed by atoms with Crippen molar-refractivity contribution in [1.82, 2.24) is 5.32 Å². The number of alkyl carbamates (subject to hydrolysis) is 1. The van der Waals surface area contributed by atoms with Gasteiger partial charge in [-0.2, -0.15) is 0 Å². The third kappa shape index (κ3) is 5.71. The Labute approximate surface area is 111 Å². The van der Waals surface area contributed by atoms with Gasteiger partial charge in [-0.1, -0.05) is 19.3 Å². The van der Waals surface area contributed by atoms with E-state index in [-0.39, 0.29) is 12.1 Å². The summed E-state index contributed by atoms with van der Waals surface area (Å²) in [5.74, 6) is 0.565. The lowest BCUT2D eigenvalue weighted by atomic mass is 9.83. The van der Waals surface area contributed by atoms with Gasteiger partial charge in [0.15, 0.2) is 0 Å². The third-order valence-electron chi connectivity index (χ3n) is 3.40. The molecule has 0 aromatic carbocycles. The van der Waals surface area contributed by atoms with E-state index in [2.05, 4.69) is 5.32 Å². The van der Waals surface area contributed by atoms with E-state index in [9.17, 15) is 4.79 Å². The summed E-state index contributed by atoms with van der Waals surface area (Å²) in [5, 5.41) is 3.00. The maximum absolute atomic E-state index is 11.8. The fraction of sp³-hybridized carbons (Fsp3) is 0.929. The number of carbonyl (C=O) groups excluding carboxylic acids is 1. The summed E-state index contributed by atoms with van der Waals surface area (Å²) in [6.45, 7) is 6.25. The first-order valence-corrected chi connectivity index (χ1v) is 7.12. The van der Waals surface area contributed by atoms with Crippen molar-refractivity contribution in [2.24, 2.45) is 11.7 Å². The van der Waals surface area contributed by atoms with E-state index < -0.39 is 5.60 Å². The van der Waals surface area contributed by atoms with Gasteiger partial charge in [-0.25, -0.2) is 4.79 Å². The highest BCUT2D eigenvalue weighted by molar-refractivity contribution is 5.68. The first-order chi connectivity index (χ1) is 8.42. The Morgan fingerprint density at radius 3 is 2.44 bits per heavy atom. The minimum absolute atomic E-state index is 0.171. The minimum atomic E-state index is -0.441. The molecule has 0 saturated heterocycles. The van der Waals surface area contributed by atoms with Crippen LogP contribution < -0.4 is 11.1 Å². The van der Waals surface area contributed by atoms with Crippen LogP contribution in [0.3, 0.4) is 0 Å². The second-order valence-corrected chi connectivity index (χ2v) is 6.23. The van der Waals surface area contributed by atoms with Gasteiger partial charge in [-0.3, -0.25) is 0 Å². The predicted molar refractivity (Wildman–Crippen MR) is 73.4 cm³/mol. The molecule has 4 nitrogen and oxygen atoms in total. The fourth-order valence-corrected chi connectivity index (χ4v) is 2.60. The Kier molecular flexibility index (Phi) is 5.93. The summed E-state index contributed by atoms with van der Waals surface area (Å²) < 4.78 is 5.31. The lowest BCUT2D eigenvalue weighted by Crippen LogP contribution is -2.44. The summed E-state index contributed by atoms with van der Waals surface area (Å²) in [7, 11) is 0. The van der Waals surface area contributed by atoms with Crippen molar-refractivity contribution in [2.45, 2.75) is 70.9 Å². The smallest absolute Gasteiger partial charge is 0.407 e. The summed E-state index contributed by atoms with van der Waals surface area (Å²) in [5.41, 5.74) is 5.21. The van der Waals surface area contributed by atoms with Gasteiger partial charge in [0.1, 0.15) is 5.60 Å². The molecule has 18 heavy (non-hydrogen) atoms. The topological polar surface area (TPSA) is 64.3 Å². The molecule has 0 aromatic rings. The molecular formula is C14H28N2O2. The number of carbonyl (C=O) groups is 1. The van der Waals surface area contributed by atoms with Crippen molar-refractivity contribution >= 4 is 6.09 Å². The van der Waals surface area contributed by atoms with E-state index in [1.807, 2.05) is 20.8 Å². The Bertz CT molecular complexity index is 255. The molecule has 0 bridgehead atoms. The second kappa shape index (κ2) is 6.98. The van der Waals surface area contributed by atoms with Gasteiger partial charge in [-0.05, 0) is 52.5 Å². The Morgan fingerprint density at radius 1 is 1.33 bits per heavy atom. The molecule has 1 fully saturated rings. The number of hydrogen-bond acceptors (Lipinski definition) is 3. The van der Waals surface area contributed by atoms with Crippen LogP contribution in [0.25, 0.3) is 0 Å². The van der Waals surface area contributed by atoms with Crippen molar-refractivity contribution in [3.05, 3.63) is 0 Å². The molecule has 4 heteroatoms. The highest BCUT2D eigenvalue weighted by Crippen LogP contribution is 2.27. The molecule has 1 atom stereocenters. The zero-order chi connectivity index (χ0) is 13.6. The van der Waals surface area contributed by atoms with Crippen molar-refractivity contribution < 1.29 is 9.53 Å². The molecule has 0 heterocycles. The SMILES string of the molecule is CC(C)(C)OC(=O)NC(CCN)C1CCCCC1. The van der Waals surface area contributed by atoms with Crippen LogP contribution in [-0.4, -0.2) is 24.3 Å². The number of rotatable bonds is 4. The molecule has 1 saturated carbocycles. The van der Waals surface area contributed by atoms with Crippen LogP contribution in [-0.2, 0) is 4.74 Å². The van der Waals surface area contributed by atoms with E-state index in [0.29, 0.717) is 12.5 Å². The normalized spacial score (nSPS) is 19.3. The highest BCUT2D eigenvalue weighted by atomic mass is 16.6. The Hall–Kier alpha value is -0.770. The zero-order valence-corrected chi connectivity index (χ0v) is 12.0. The monoisotopic (exact) mass is 256 g/mol. The van der Waals surface area contributed by atoms with E-state index in [0.717, 1.165) is 6.42 Å². The molecule has 0 spiro atoms. The van der Waals surface area contributed by atoms with Gasteiger partial charge in [0.05, 0.1) is 0 Å². The highest BCUT2D eigenvalue weighted by Gasteiger charge is 2.26. The van der Waals surface area contributed by atoms with Crippen LogP contribution in [0, 0.1) is 5.92 Å². The van der Waals surface area contributed by atoms with Gasteiger partial charge in [0.25, 0.3) is 0 Å². The number of nitrogens with two attached hydrogens (primary N) is 1. The molecule has 0 aliphatic heterocycles. The first kappa shape index (κ1) is 15.3. The van der Waals surface area contributed by atoms with Crippen molar-refractivity contribution in [1.29, 1.82) is 0 Å². The van der Waals surface area contributed by atoms with E-state index >= 15 is 0 Å². The number of hydrogen-bond donors (Lipinski definition) is 2. The summed E-state index contributed by atoms with van der Waals surface area (Å²) in [6.07, 6.45) is 6.76. The first-order valence-electron chi connectivity index (χ1n) is 7.12. The Balaban J connectivity index is 2.48. The average molecular weight is 256 g/mol. The van der Waals surface area contributed by atoms with Gasteiger partial charge in [0, 0.05) is 6.04 Å². The molecule has 0 radical (unpaired) electrons. The van der Waals surface area contributed by atoms with Crippen LogP contribution in [0.15, 0.2) is 0 Å². The summed E-state index contributed by atoms with van der Waals surface area (Å²) in [6, 6.07) is 0.171. The van der Waals surface area contributed by atoms with E-state index in [4.69, 9.17) is 10.5 Å². The molecule has 3 N–H and O–H groups in total. The molecule has 0 aromatic heterocycles. The van der Waals surface area contributed by atoms with Gasteiger partial charge in [-0.15, -0.1) is 0 Å². The zero-order valence-electron chi connectivity index (χ0n) is 12.0. The molecular weight excluding hydrogens is 228 g/mol. The molecule has 1 aliphatic carbocycles. The molecule has 106 valence electrons. The van der Waals surface area contributed by atoms with Crippen molar-refractivity contribution in [3.63, 3.8) is 0 Å². The van der Waals surface area contributed by atoms with Crippen molar-refractivity contribution in [3.8, 4) is 0 Å². The van der Waals surface area contributed by atoms with Gasteiger partial charge < -0.3 is 15.8 Å². The van der Waals surface area contributed by atoms with E-state index in [1.54, 1.807) is 0 Å². The van der Waals surface area contributed by atoms with Crippen LogP contribution in [0.5, 0.6) is 0 Å². The van der Waals surface area contributed by atoms with Crippen LogP contribution in [0.1, 0.15) is 59.3 Å². The molecule has 1 amide bonds. The Morgan fingerprint density at radius 2 is 1.94 bits per heavy atom. The van der Waals surface area contributed by atoms with Crippen molar-refractivity contribution in [2.75, 3.05) is 6.54 Å². The lowest BCUT2D eigenvalue weighted by Gasteiger charge is -2.31. The molecule has 1 unspecified atom stereocenters. The molecule has 1 aliphatic rings. The second-order valence-electron chi connectivity index (χ2n) is 6.23. The maximum atomic E-state index is 11.8. The van der Waals surface area contributed by atoms with Gasteiger partial charge >= 0.3 is 6.09 Å². The third-order valence-corrected chi connectivity index (χ3v) is 3.40. The van der Waals surface area contributed by atoms with E-state index in [1.165, 1.54) is 32.1 Å². The lowest BCUT2D eigenvalue weighted by molar-refractivity contribution is 0.0474. The number of amides is 1. The average Bonchev–Trinajstić information content (AvgIpc) is 2.27. The van der Waals surface area contributed by atoms with Crippen LogP contribution >= 0.6 is 0 Å². The standard InChI is InChI=1S/C14H28N2O2/c1-14(2,3)18-13(17)16-12(9-10-15)11-7-5-4-6-8-11/h11-12H,4-10,15H2,1-3H3,(H,16,17). The largest absolute Gasteiger partial charge is 0.444 e. The van der Waals surface area contributed by atoms with Crippen LogP contribution in [0.2, 0.25) is 0 Å². The maximum Gasteiger partial charge on any atom is 0.407 e. The number of ether oxygens (including phenoxy) is 1. The summed E-state index contributed by atoms with van der Waals surface area (Å²) >= 11 is 0. The van der Waals surface area contributed by atoms with Crippen LogP contribution in [0.4, 0.5) is 4.79 Å². The fourth-order valence-electron chi connectivity index (χ4n) is 2.60. The summed E-state index contributed by atoms with van der Waals surface area (Å²) in [4.78, 5) is 11.8. The quantitative estimate of drug-likeness (QED) is 0.813. The minimum Gasteiger partial charge on any atom is -0.444 e. The van der Waals surface area contributed by atoms with Gasteiger partial charge in [0.2, 0.25) is 0 Å².